The summed E-state index contributed by atoms with van der Waals surface area (Å²) in [5, 5.41) is 2.58. The van der Waals surface area contributed by atoms with Gasteiger partial charge in [-0.05, 0) is 25.1 Å². The van der Waals surface area contributed by atoms with E-state index in [0.717, 1.165) is 0 Å². The second-order valence-electron chi connectivity index (χ2n) is 5.12. The van der Waals surface area contributed by atoms with E-state index in [0.29, 0.717) is 11.6 Å². The molecule has 2 rings (SSSR count). The Labute approximate surface area is 141 Å². The molecule has 0 bridgehead atoms. The van der Waals surface area contributed by atoms with Gasteiger partial charge in [-0.3, -0.25) is 0 Å². The van der Waals surface area contributed by atoms with E-state index >= 15 is 0 Å². The minimum atomic E-state index is -3.44. The third-order valence-corrected chi connectivity index (χ3v) is 5.92. The SMILES string of the molecule is C[C@@H]([NH2+]CCS(=O)(=O)c1cc(Cl)ccc1Cl)c1ccccc1. The zero-order valence-corrected chi connectivity index (χ0v) is 14.5. The average Bonchev–Trinajstić information content (AvgIpc) is 2.50. The Morgan fingerprint density at radius 1 is 1.09 bits per heavy atom. The largest absolute Gasteiger partial charge is 0.339 e. The van der Waals surface area contributed by atoms with E-state index in [4.69, 9.17) is 23.2 Å². The van der Waals surface area contributed by atoms with Crippen LogP contribution < -0.4 is 5.32 Å². The monoisotopic (exact) mass is 358 g/mol. The maximum atomic E-state index is 12.4. The fourth-order valence-electron chi connectivity index (χ4n) is 2.19. The Morgan fingerprint density at radius 3 is 2.45 bits per heavy atom. The van der Waals surface area contributed by atoms with Crippen LogP contribution in [0.15, 0.2) is 53.4 Å². The summed E-state index contributed by atoms with van der Waals surface area (Å²) < 4.78 is 24.7. The summed E-state index contributed by atoms with van der Waals surface area (Å²) in [6, 6.07) is 14.7. The van der Waals surface area contributed by atoms with Crippen LogP contribution in [0.2, 0.25) is 10.0 Å². The lowest BCUT2D eigenvalue weighted by Gasteiger charge is -2.11. The third-order valence-electron chi connectivity index (χ3n) is 3.46. The van der Waals surface area contributed by atoms with Gasteiger partial charge in [0.05, 0.1) is 16.5 Å². The highest BCUT2D eigenvalue weighted by molar-refractivity contribution is 7.91. The molecule has 0 aromatic heterocycles. The molecule has 118 valence electrons. The first kappa shape index (κ1) is 17.3. The van der Waals surface area contributed by atoms with Gasteiger partial charge in [0.2, 0.25) is 0 Å². The predicted molar refractivity (Wildman–Crippen MR) is 90.2 cm³/mol. The van der Waals surface area contributed by atoms with Crippen molar-refractivity contribution >= 4 is 33.0 Å². The molecule has 0 spiro atoms. The zero-order chi connectivity index (χ0) is 16.2. The van der Waals surface area contributed by atoms with Crippen molar-refractivity contribution in [3.63, 3.8) is 0 Å². The minimum absolute atomic E-state index is 0.0181. The first-order valence-electron chi connectivity index (χ1n) is 6.96. The van der Waals surface area contributed by atoms with Crippen LogP contribution in [-0.2, 0) is 9.84 Å². The van der Waals surface area contributed by atoms with E-state index in [1.54, 1.807) is 6.07 Å². The van der Waals surface area contributed by atoms with Crippen molar-refractivity contribution in [1.82, 2.24) is 0 Å². The van der Waals surface area contributed by atoms with Crippen LogP contribution in [0.25, 0.3) is 0 Å². The fraction of sp³-hybridized carbons (Fsp3) is 0.250. The van der Waals surface area contributed by atoms with E-state index < -0.39 is 9.84 Å². The topological polar surface area (TPSA) is 50.8 Å². The van der Waals surface area contributed by atoms with Crippen molar-refractivity contribution in [3.8, 4) is 0 Å². The zero-order valence-electron chi connectivity index (χ0n) is 12.2. The molecule has 2 aromatic carbocycles. The van der Waals surface area contributed by atoms with Gasteiger partial charge < -0.3 is 5.32 Å². The highest BCUT2D eigenvalue weighted by atomic mass is 35.5. The van der Waals surface area contributed by atoms with Crippen molar-refractivity contribution < 1.29 is 13.7 Å². The van der Waals surface area contributed by atoms with E-state index in [2.05, 4.69) is 0 Å². The lowest BCUT2D eigenvalue weighted by molar-refractivity contribution is -0.689. The van der Waals surface area contributed by atoms with Crippen LogP contribution in [0, 0.1) is 0 Å². The van der Waals surface area contributed by atoms with Crippen molar-refractivity contribution in [1.29, 1.82) is 0 Å². The van der Waals surface area contributed by atoms with Gasteiger partial charge in [0, 0.05) is 10.6 Å². The van der Waals surface area contributed by atoms with Gasteiger partial charge in [0.15, 0.2) is 9.84 Å². The highest BCUT2D eigenvalue weighted by Crippen LogP contribution is 2.25. The molecule has 0 aliphatic heterocycles. The van der Waals surface area contributed by atoms with Gasteiger partial charge in [-0.15, -0.1) is 0 Å². The number of halogens is 2. The quantitative estimate of drug-likeness (QED) is 0.862. The lowest BCUT2D eigenvalue weighted by atomic mass is 10.1. The molecule has 2 N–H and O–H groups in total. The normalized spacial score (nSPS) is 13.0. The van der Waals surface area contributed by atoms with Crippen LogP contribution >= 0.6 is 23.2 Å². The third kappa shape index (κ3) is 4.46. The molecule has 1 atom stereocenters. The van der Waals surface area contributed by atoms with Gasteiger partial charge in [-0.25, -0.2) is 8.42 Å². The molecule has 0 fully saturated rings. The van der Waals surface area contributed by atoms with Crippen molar-refractivity contribution in [3.05, 3.63) is 64.1 Å². The predicted octanol–water partition coefficient (Wildman–Crippen LogP) is 3.09. The summed E-state index contributed by atoms with van der Waals surface area (Å²) in [4.78, 5) is 0.0995. The molecule has 2 aromatic rings. The summed E-state index contributed by atoms with van der Waals surface area (Å²) in [5.41, 5.74) is 1.17. The molecule has 0 saturated heterocycles. The van der Waals surface area contributed by atoms with Crippen LogP contribution in [-0.4, -0.2) is 20.7 Å². The second-order valence-corrected chi connectivity index (χ2v) is 8.04. The van der Waals surface area contributed by atoms with Gasteiger partial charge in [0.25, 0.3) is 0 Å². The molecule has 6 heteroatoms. The molecule has 0 radical (unpaired) electrons. The van der Waals surface area contributed by atoms with E-state index in [1.807, 2.05) is 42.6 Å². The fourth-order valence-corrected chi connectivity index (χ4v) is 4.24. The first-order valence-corrected chi connectivity index (χ1v) is 9.37. The van der Waals surface area contributed by atoms with E-state index in [9.17, 15) is 8.42 Å². The molecule has 0 saturated carbocycles. The summed E-state index contributed by atoms with van der Waals surface area (Å²) in [6.07, 6.45) is 0. The van der Waals surface area contributed by atoms with Crippen molar-refractivity contribution in [2.75, 3.05) is 12.3 Å². The van der Waals surface area contributed by atoms with Gasteiger partial charge >= 0.3 is 0 Å². The Kier molecular flexibility index (Phi) is 5.87. The Bertz CT molecular complexity index is 733. The molecular formula is C16H18Cl2NO2S+. The molecular weight excluding hydrogens is 341 g/mol. The molecule has 0 aliphatic rings. The standard InChI is InChI=1S/C16H17Cl2NO2S/c1-12(13-5-3-2-4-6-13)19-9-10-22(20,21)16-11-14(17)7-8-15(16)18/h2-8,11-12,19H,9-10H2,1H3/p+1/t12-/m1/s1. The van der Waals surface area contributed by atoms with Gasteiger partial charge in [0.1, 0.15) is 11.8 Å². The van der Waals surface area contributed by atoms with Crippen LogP contribution in [0.4, 0.5) is 0 Å². The molecule has 22 heavy (non-hydrogen) atoms. The molecule has 3 nitrogen and oxygen atoms in total. The summed E-state index contributed by atoms with van der Waals surface area (Å²) in [5.74, 6) is 0.0181. The number of hydrogen-bond donors (Lipinski definition) is 1. The Morgan fingerprint density at radius 2 is 1.77 bits per heavy atom. The van der Waals surface area contributed by atoms with Gasteiger partial charge in [-0.1, -0.05) is 53.5 Å². The highest BCUT2D eigenvalue weighted by Gasteiger charge is 2.20. The van der Waals surface area contributed by atoms with Crippen molar-refractivity contribution in [2.24, 2.45) is 0 Å². The molecule has 0 heterocycles. The number of hydrogen-bond acceptors (Lipinski definition) is 2. The van der Waals surface area contributed by atoms with E-state index in [1.165, 1.54) is 17.7 Å². The smallest absolute Gasteiger partial charge is 0.185 e. The van der Waals surface area contributed by atoms with Gasteiger partial charge in [-0.2, -0.15) is 0 Å². The summed E-state index contributed by atoms with van der Waals surface area (Å²) in [6.45, 7) is 2.51. The van der Waals surface area contributed by atoms with Crippen LogP contribution in [0.1, 0.15) is 18.5 Å². The number of quaternary nitrogens is 1. The Hall–Kier alpha value is -1.07. The molecule has 0 unspecified atom stereocenters. The summed E-state index contributed by atoms with van der Waals surface area (Å²) >= 11 is 11.8. The Balaban J connectivity index is 2.00. The average molecular weight is 359 g/mol. The first-order chi connectivity index (χ1) is 10.4. The molecule has 0 aliphatic carbocycles. The molecule has 0 amide bonds. The second kappa shape index (κ2) is 7.47. The van der Waals surface area contributed by atoms with Crippen molar-refractivity contribution in [2.45, 2.75) is 17.9 Å². The number of nitrogens with two attached hydrogens (primary N) is 1. The van der Waals surface area contributed by atoms with Crippen LogP contribution in [0.5, 0.6) is 0 Å². The number of rotatable bonds is 6. The lowest BCUT2D eigenvalue weighted by Crippen LogP contribution is -2.85. The van der Waals surface area contributed by atoms with Crippen LogP contribution in [0.3, 0.4) is 0 Å². The summed E-state index contributed by atoms with van der Waals surface area (Å²) in [7, 11) is -3.44. The maximum absolute atomic E-state index is 12.4. The number of sulfone groups is 1. The maximum Gasteiger partial charge on any atom is 0.185 e. The minimum Gasteiger partial charge on any atom is -0.339 e. The van der Waals surface area contributed by atoms with E-state index in [-0.39, 0.29) is 21.7 Å². The number of benzene rings is 2.